The average molecular weight is 325 g/mol. The molecule has 1 aliphatic heterocycles. The lowest BCUT2D eigenvalue weighted by molar-refractivity contribution is 0.284. The van der Waals surface area contributed by atoms with E-state index >= 15 is 0 Å². The van der Waals surface area contributed by atoms with Gasteiger partial charge in [-0.1, -0.05) is 17.7 Å². The minimum atomic E-state index is -3.50. The quantitative estimate of drug-likeness (QED) is 0.905. The van der Waals surface area contributed by atoms with Crippen LogP contribution in [0.15, 0.2) is 23.1 Å². The molecule has 0 spiro atoms. The molecule has 1 unspecified atom stereocenters. The van der Waals surface area contributed by atoms with Crippen molar-refractivity contribution in [3.05, 3.63) is 28.8 Å². The van der Waals surface area contributed by atoms with Crippen molar-refractivity contribution in [2.45, 2.75) is 24.8 Å². The number of halogens is 2. The van der Waals surface area contributed by atoms with Gasteiger partial charge in [-0.2, -0.15) is 4.31 Å². The molecule has 1 atom stereocenters. The Morgan fingerprint density at radius 2 is 2.11 bits per heavy atom. The fraction of sp³-hybridized carbons (Fsp3) is 0.500. The van der Waals surface area contributed by atoms with Gasteiger partial charge in [0.25, 0.3) is 0 Å². The van der Waals surface area contributed by atoms with E-state index in [9.17, 15) is 8.42 Å². The highest BCUT2D eigenvalue weighted by molar-refractivity contribution is 7.89. The summed E-state index contributed by atoms with van der Waals surface area (Å²) in [6, 6.07) is 5.02. The van der Waals surface area contributed by atoms with Crippen LogP contribution in [0.4, 0.5) is 0 Å². The summed E-state index contributed by atoms with van der Waals surface area (Å²) in [7, 11) is -3.50. The molecule has 0 aliphatic carbocycles. The number of rotatable bonds is 2. The second kappa shape index (κ2) is 6.41. The van der Waals surface area contributed by atoms with Crippen LogP contribution in [-0.4, -0.2) is 38.4 Å². The third kappa shape index (κ3) is 3.41. The highest BCUT2D eigenvalue weighted by atomic mass is 35.5. The maximum absolute atomic E-state index is 12.6. The molecule has 19 heavy (non-hydrogen) atoms. The maximum Gasteiger partial charge on any atom is 0.244 e. The zero-order valence-corrected chi connectivity index (χ0v) is 13.3. The molecule has 4 nitrogen and oxygen atoms in total. The SMILES string of the molecule is Cc1ccc(Cl)c(S(=O)(=O)N2CCNCC2C)c1.Cl. The van der Waals surface area contributed by atoms with Gasteiger partial charge in [0.05, 0.1) is 5.02 Å². The van der Waals surface area contributed by atoms with Gasteiger partial charge in [-0.25, -0.2) is 8.42 Å². The van der Waals surface area contributed by atoms with Gasteiger partial charge in [0.15, 0.2) is 0 Å². The lowest BCUT2D eigenvalue weighted by Crippen LogP contribution is -2.52. The van der Waals surface area contributed by atoms with Gasteiger partial charge < -0.3 is 5.32 Å². The highest BCUT2D eigenvalue weighted by Crippen LogP contribution is 2.27. The summed E-state index contributed by atoms with van der Waals surface area (Å²) in [5.41, 5.74) is 0.890. The number of benzene rings is 1. The van der Waals surface area contributed by atoms with E-state index in [-0.39, 0.29) is 28.4 Å². The molecule has 7 heteroatoms. The van der Waals surface area contributed by atoms with Gasteiger partial charge in [0.1, 0.15) is 4.90 Å². The largest absolute Gasteiger partial charge is 0.314 e. The molecule has 1 aliphatic rings. The molecular formula is C12H18Cl2N2O2S. The van der Waals surface area contributed by atoms with Crippen LogP contribution in [0.2, 0.25) is 5.02 Å². The summed E-state index contributed by atoms with van der Waals surface area (Å²) < 4.78 is 26.7. The Balaban J connectivity index is 0.00000180. The van der Waals surface area contributed by atoms with E-state index in [1.165, 1.54) is 4.31 Å². The average Bonchev–Trinajstić information content (AvgIpc) is 2.32. The van der Waals surface area contributed by atoms with Crippen molar-refractivity contribution >= 4 is 34.0 Å². The molecule has 108 valence electrons. The van der Waals surface area contributed by atoms with Gasteiger partial charge in [-0.05, 0) is 31.5 Å². The van der Waals surface area contributed by atoms with Crippen LogP contribution in [-0.2, 0) is 10.0 Å². The molecule has 0 saturated carbocycles. The number of nitrogens with zero attached hydrogens (tertiary/aromatic N) is 1. The first kappa shape index (κ1) is 16.7. The summed E-state index contributed by atoms with van der Waals surface area (Å²) in [6.07, 6.45) is 0. The first-order valence-electron chi connectivity index (χ1n) is 5.91. The van der Waals surface area contributed by atoms with E-state index in [0.717, 1.165) is 5.56 Å². The molecule has 0 amide bonds. The van der Waals surface area contributed by atoms with Gasteiger partial charge in [0.2, 0.25) is 10.0 Å². The Hall–Kier alpha value is -0.330. The van der Waals surface area contributed by atoms with E-state index in [4.69, 9.17) is 11.6 Å². The lowest BCUT2D eigenvalue weighted by atomic mass is 10.2. The van der Waals surface area contributed by atoms with Crippen molar-refractivity contribution < 1.29 is 8.42 Å². The standard InChI is InChI=1S/C12H17ClN2O2S.ClH/c1-9-3-4-11(13)12(7-9)18(16,17)15-6-5-14-8-10(15)2;/h3-4,7,10,14H,5-6,8H2,1-2H3;1H. The summed E-state index contributed by atoms with van der Waals surface area (Å²) in [5.74, 6) is 0. The first-order chi connectivity index (χ1) is 8.43. The Morgan fingerprint density at radius 1 is 1.42 bits per heavy atom. The maximum atomic E-state index is 12.6. The predicted octanol–water partition coefficient (Wildman–Crippen LogP) is 2.05. The first-order valence-corrected chi connectivity index (χ1v) is 7.73. The van der Waals surface area contributed by atoms with Gasteiger partial charge >= 0.3 is 0 Å². The van der Waals surface area contributed by atoms with Crippen molar-refractivity contribution in [3.63, 3.8) is 0 Å². The van der Waals surface area contributed by atoms with Crippen LogP contribution in [0.25, 0.3) is 0 Å². The normalized spacial score (nSPS) is 20.9. The predicted molar refractivity (Wildman–Crippen MR) is 79.7 cm³/mol. The van der Waals surface area contributed by atoms with Gasteiger partial charge in [0, 0.05) is 25.7 Å². The van der Waals surface area contributed by atoms with Crippen molar-refractivity contribution in [1.82, 2.24) is 9.62 Å². The Labute approximate surface area is 125 Å². The highest BCUT2D eigenvalue weighted by Gasteiger charge is 2.32. The monoisotopic (exact) mass is 324 g/mol. The molecule has 1 aromatic rings. The summed E-state index contributed by atoms with van der Waals surface area (Å²) in [6.45, 7) is 5.58. The summed E-state index contributed by atoms with van der Waals surface area (Å²) in [4.78, 5) is 0.206. The number of sulfonamides is 1. The van der Waals surface area contributed by atoms with E-state index in [1.807, 2.05) is 19.9 Å². The third-order valence-corrected chi connectivity index (χ3v) is 5.61. The molecule has 2 rings (SSSR count). The van der Waals surface area contributed by atoms with Crippen LogP contribution in [0.1, 0.15) is 12.5 Å². The lowest BCUT2D eigenvalue weighted by Gasteiger charge is -2.33. The van der Waals surface area contributed by atoms with Crippen LogP contribution in [0.3, 0.4) is 0 Å². The van der Waals surface area contributed by atoms with Crippen molar-refractivity contribution in [3.8, 4) is 0 Å². The molecule has 1 aromatic carbocycles. The zero-order valence-electron chi connectivity index (χ0n) is 10.9. The molecule has 0 radical (unpaired) electrons. The number of piperazine rings is 1. The van der Waals surface area contributed by atoms with Crippen LogP contribution >= 0.6 is 24.0 Å². The minimum Gasteiger partial charge on any atom is -0.314 e. The molecule has 1 fully saturated rings. The van der Waals surface area contributed by atoms with Gasteiger partial charge in [-0.15, -0.1) is 12.4 Å². The van der Waals surface area contributed by atoms with E-state index in [0.29, 0.717) is 19.6 Å². The molecule has 1 heterocycles. The zero-order chi connectivity index (χ0) is 13.3. The number of aryl methyl sites for hydroxylation is 1. The Kier molecular flexibility index (Phi) is 5.65. The van der Waals surface area contributed by atoms with Crippen LogP contribution in [0, 0.1) is 6.92 Å². The van der Waals surface area contributed by atoms with Gasteiger partial charge in [-0.3, -0.25) is 0 Å². The summed E-state index contributed by atoms with van der Waals surface area (Å²) >= 11 is 6.03. The molecular weight excluding hydrogens is 307 g/mol. The molecule has 1 saturated heterocycles. The smallest absolute Gasteiger partial charge is 0.244 e. The second-order valence-electron chi connectivity index (χ2n) is 4.60. The van der Waals surface area contributed by atoms with E-state index in [1.54, 1.807) is 12.1 Å². The van der Waals surface area contributed by atoms with Crippen LogP contribution < -0.4 is 5.32 Å². The Morgan fingerprint density at radius 3 is 2.74 bits per heavy atom. The van der Waals surface area contributed by atoms with Crippen molar-refractivity contribution in [2.75, 3.05) is 19.6 Å². The summed E-state index contributed by atoms with van der Waals surface area (Å²) in [5, 5.41) is 3.46. The second-order valence-corrected chi connectivity index (χ2v) is 6.87. The fourth-order valence-electron chi connectivity index (χ4n) is 2.11. The number of nitrogens with one attached hydrogen (secondary N) is 1. The van der Waals surface area contributed by atoms with Crippen molar-refractivity contribution in [2.24, 2.45) is 0 Å². The van der Waals surface area contributed by atoms with Crippen molar-refractivity contribution in [1.29, 1.82) is 0 Å². The fourth-order valence-corrected chi connectivity index (χ4v) is 4.31. The molecule has 1 N–H and O–H groups in total. The minimum absolute atomic E-state index is 0. The number of hydrogen-bond donors (Lipinski definition) is 1. The van der Waals surface area contributed by atoms with Crippen LogP contribution in [0.5, 0.6) is 0 Å². The molecule has 0 bridgehead atoms. The third-order valence-electron chi connectivity index (χ3n) is 3.11. The topological polar surface area (TPSA) is 49.4 Å². The Bertz CT molecular complexity index is 549. The van der Waals surface area contributed by atoms with E-state index in [2.05, 4.69) is 5.32 Å². The molecule has 0 aromatic heterocycles. The number of hydrogen-bond acceptors (Lipinski definition) is 3. The van der Waals surface area contributed by atoms with E-state index < -0.39 is 10.0 Å².